The van der Waals surface area contributed by atoms with Crippen LogP contribution >= 0.6 is 39.1 Å². The summed E-state index contributed by atoms with van der Waals surface area (Å²) in [4.78, 5) is 20.5. The lowest BCUT2D eigenvalue weighted by Crippen LogP contribution is -2.08. The molecular weight excluding hydrogens is 597 g/mol. The van der Waals surface area contributed by atoms with E-state index >= 15 is 0 Å². The van der Waals surface area contributed by atoms with Crippen LogP contribution in [0.3, 0.4) is 0 Å². The predicted molar refractivity (Wildman–Crippen MR) is 162 cm³/mol. The minimum absolute atomic E-state index is 0.107. The Balaban J connectivity index is 0.000000187. The molecule has 0 saturated carbocycles. The van der Waals surface area contributed by atoms with Crippen LogP contribution < -0.4 is 10.6 Å². The number of pyridine rings is 1. The molecule has 0 bridgehead atoms. The van der Waals surface area contributed by atoms with Gasteiger partial charge in [-0.25, -0.2) is 9.97 Å². The molecule has 0 saturated heterocycles. The largest absolute Gasteiger partial charge is 0.362 e. The van der Waals surface area contributed by atoms with Gasteiger partial charge < -0.3 is 10.6 Å². The molecule has 3 aromatic heterocycles. The molecule has 3 heterocycles. The quantitative estimate of drug-likeness (QED) is 0.188. The minimum Gasteiger partial charge on any atom is -0.362 e. The second-order valence-electron chi connectivity index (χ2n) is 8.60. The van der Waals surface area contributed by atoms with E-state index in [0.29, 0.717) is 21.9 Å². The molecule has 2 aromatic carbocycles. The first-order valence-corrected chi connectivity index (χ1v) is 13.7. The molecule has 2 N–H and O–H groups in total. The summed E-state index contributed by atoms with van der Waals surface area (Å²) in [5, 5.41) is 7.30. The lowest BCUT2D eigenvalue weighted by atomic mass is 10.0. The zero-order chi connectivity index (χ0) is 27.6. The number of aromatic nitrogens is 5. The van der Waals surface area contributed by atoms with Crippen LogP contribution in [0.1, 0.15) is 37.1 Å². The minimum atomic E-state index is 0.107. The topological polar surface area (TPSA) is 88.5 Å². The van der Waals surface area contributed by atoms with Gasteiger partial charge in [-0.15, -0.1) is 0 Å². The number of rotatable bonds is 7. The SMILES string of the molecule is C[C@H](Nc1cncc(Cl)n1)c1ccc(-c2cccnc2)cc1.C[C@H](Nc1cncc(Cl)n1)c1ccc(Br)cc1. The van der Waals surface area contributed by atoms with Crippen molar-refractivity contribution in [1.82, 2.24) is 24.9 Å². The molecule has 0 fully saturated rings. The Morgan fingerprint density at radius 3 is 1.59 bits per heavy atom. The number of nitrogens with zero attached hydrogens (tertiary/aromatic N) is 5. The van der Waals surface area contributed by atoms with Gasteiger partial charge in [0.15, 0.2) is 0 Å². The Labute approximate surface area is 246 Å². The molecule has 0 aliphatic heterocycles. The highest BCUT2D eigenvalue weighted by atomic mass is 79.9. The molecule has 10 heteroatoms. The number of anilines is 2. The lowest BCUT2D eigenvalue weighted by Gasteiger charge is -2.15. The van der Waals surface area contributed by atoms with Gasteiger partial charge in [0.25, 0.3) is 0 Å². The second kappa shape index (κ2) is 14.0. The number of halogens is 3. The highest BCUT2D eigenvalue weighted by Gasteiger charge is 2.08. The molecule has 0 spiro atoms. The third-order valence-corrected chi connectivity index (χ3v) is 6.61. The maximum atomic E-state index is 5.84. The Hall–Kier alpha value is -3.59. The van der Waals surface area contributed by atoms with Gasteiger partial charge in [-0.2, -0.15) is 0 Å². The zero-order valence-corrected chi connectivity index (χ0v) is 24.4. The van der Waals surface area contributed by atoms with Crippen molar-refractivity contribution in [3.63, 3.8) is 0 Å². The number of hydrogen-bond acceptors (Lipinski definition) is 7. The summed E-state index contributed by atoms with van der Waals surface area (Å²) in [7, 11) is 0. The van der Waals surface area contributed by atoms with E-state index in [1.54, 1.807) is 18.6 Å². The average Bonchev–Trinajstić information content (AvgIpc) is 2.94. The van der Waals surface area contributed by atoms with E-state index in [2.05, 4.69) is 102 Å². The van der Waals surface area contributed by atoms with Gasteiger partial charge in [-0.1, -0.05) is 81.6 Å². The van der Waals surface area contributed by atoms with E-state index in [4.69, 9.17) is 23.2 Å². The first-order chi connectivity index (χ1) is 18.9. The third-order valence-electron chi connectivity index (χ3n) is 5.71. The van der Waals surface area contributed by atoms with Crippen molar-refractivity contribution in [1.29, 1.82) is 0 Å². The summed E-state index contributed by atoms with van der Waals surface area (Å²) >= 11 is 15.0. The monoisotopic (exact) mass is 621 g/mol. The van der Waals surface area contributed by atoms with E-state index in [1.807, 2.05) is 30.5 Å². The smallest absolute Gasteiger partial charge is 0.149 e. The van der Waals surface area contributed by atoms with E-state index in [-0.39, 0.29) is 12.1 Å². The van der Waals surface area contributed by atoms with Crippen LogP contribution in [0.5, 0.6) is 0 Å². The molecule has 0 unspecified atom stereocenters. The van der Waals surface area contributed by atoms with E-state index in [0.717, 1.165) is 21.2 Å². The predicted octanol–water partition coefficient (Wildman–Crippen LogP) is 8.43. The third kappa shape index (κ3) is 8.71. The zero-order valence-electron chi connectivity index (χ0n) is 21.3. The molecule has 0 aliphatic rings. The van der Waals surface area contributed by atoms with Crippen molar-refractivity contribution in [2.45, 2.75) is 25.9 Å². The summed E-state index contributed by atoms with van der Waals surface area (Å²) in [5.41, 5.74) is 4.59. The molecule has 0 amide bonds. The lowest BCUT2D eigenvalue weighted by molar-refractivity contribution is 0.871. The fourth-order valence-electron chi connectivity index (χ4n) is 3.68. The van der Waals surface area contributed by atoms with E-state index in [1.165, 1.54) is 18.0 Å². The molecule has 7 nitrogen and oxygen atoms in total. The number of benzene rings is 2. The fourth-order valence-corrected chi connectivity index (χ4v) is 4.24. The summed E-state index contributed by atoms with van der Waals surface area (Å²) in [6.07, 6.45) is 9.97. The van der Waals surface area contributed by atoms with Crippen LogP contribution in [-0.4, -0.2) is 24.9 Å². The normalized spacial score (nSPS) is 12.0. The molecule has 39 heavy (non-hydrogen) atoms. The summed E-state index contributed by atoms with van der Waals surface area (Å²) in [5.74, 6) is 1.34. The number of nitrogens with one attached hydrogen (secondary N) is 2. The van der Waals surface area contributed by atoms with E-state index < -0.39 is 0 Å². The van der Waals surface area contributed by atoms with Crippen LogP contribution in [0.15, 0.2) is 102 Å². The van der Waals surface area contributed by atoms with Crippen molar-refractivity contribution in [3.8, 4) is 11.1 Å². The Morgan fingerprint density at radius 1 is 0.615 bits per heavy atom. The van der Waals surface area contributed by atoms with Crippen LogP contribution in [0, 0.1) is 0 Å². The van der Waals surface area contributed by atoms with Gasteiger partial charge in [0.1, 0.15) is 21.9 Å². The van der Waals surface area contributed by atoms with Crippen LogP contribution in [0.2, 0.25) is 10.3 Å². The van der Waals surface area contributed by atoms with E-state index in [9.17, 15) is 0 Å². The summed E-state index contributed by atoms with van der Waals surface area (Å²) in [6, 6.07) is 20.7. The second-order valence-corrected chi connectivity index (χ2v) is 10.3. The van der Waals surface area contributed by atoms with Crippen LogP contribution in [0.25, 0.3) is 11.1 Å². The van der Waals surface area contributed by atoms with Crippen molar-refractivity contribution < 1.29 is 0 Å². The fraction of sp³-hybridized carbons (Fsp3) is 0.138. The van der Waals surface area contributed by atoms with Gasteiger partial charge >= 0.3 is 0 Å². The molecule has 0 radical (unpaired) electrons. The van der Waals surface area contributed by atoms with Gasteiger partial charge in [0.2, 0.25) is 0 Å². The van der Waals surface area contributed by atoms with Crippen LogP contribution in [0.4, 0.5) is 11.6 Å². The van der Waals surface area contributed by atoms with Crippen molar-refractivity contribution in [2.75, 3.05) is 10.6 Å². The van der Waals surface area contributed by atoms with Crippen molar-refractivity contribution >= 4 is 50.8 Å². The molecule has 198 valence electrons. The first kappa shape index (κ1) is 28.4. The average molecular weight is 623 g/mol. The summed E-state index contributed by atoms with van der Waals surface area (Å²) < 4.78 is 1.07. The Morgan fingerprint density at radius 2 is 1.13 bits per heavy atom. The molecule has 5 aromatic rings. The first-order valence-electron chi connectivity index (χ1n) is 12.1. The molecule has 2 atom stereocenters. The van der Waals surface area contributed by atoms with Crippen LogP contribution in [-0.2, 0) is 0 Å². The Kier molecular flexibility index (Phi) is 10.2. The van der Waals surface area contributed by atoms with Gasteiger partial charge in [-0.3, -0.25) is 15.0 Å². The van der Waals surface area contributed by atoms with Crippen molar-refractivity contribution in [3.05, 3.63) is 124 Å². The van der Waals surface area contributed by atoms with Gasteiger partial charge in [0, 0.05) is 29.0 Å². The van der Waals surface area contributed by atoms with Gasteiger partial charge in [0.05, 0.1) is 24.8 Å². The Bertz CT molecular complexity index is 1470. The maximum Gasteiger partial charge on any atom is 0.149 e. The highest BCUT2D eigenvalue weighted by molar-refractivity contribution is 9.10. The standard InChI is InChI=1S/C17H15ClN4.C12H11BrClN3/c1-12(21-17-11-20-10-16(18)22-17)13-4-6-14(7-5-13)15-3-2-8-19-9-15;1-8(9-2-4-10(13)5-3-9)16-12-7-15-6-11(14)17-12/h2-12H,1H3,(H,21,22);2-8H,1H3,(H,16,17)/t12-;8-/m00/s1. The molecular formula is C29H26BrCl2N7. The highest BCUT2D eigenvalue weighted by Crippen LogP contribution is 2.23. The molecule has 5 rings (SSSR count). The summed E-state index contributed by atoms with van der Waals surface area (Å²) in [6.45, 7) is 4.13. The molecule has 0 aliphatic carbocycles. The van der Waals surface area contributed by atoms with Crippen molar-refractivity contribution in [2.24, 2.45) is 0 Å². The maximum absolute atomic E-state index is 5.84. The number of hydrogen-bond donors (Lipinski definition) is 2. The van der Waals surface area contributed by atoms with Gasteiger partial charge in [-0.05, 0) is 54.3 Å².